The topological polar surface area (TPSA) is 29.3 Å². The molecule has 0 spiro atoms. The molecule has 0 aromatic heterocycles. The Labute approximate surface area is 87.8 Å². The second-order valence-electron chi connectivity index (χ2n) is 5.53. The summed E-state index contributed by atoms with van der Waals surface area (Å²) in [6.45, 7) is 2.60. The maximum atomic E-state index is 6.12. The molecule has 1 aliphatic carbocycles. The van der Waals surface area contributed by atoms with Crippen molar-refractivity contribution in [3.8, 4) is 0 Å². The molecule has 2 N–H and O–H groups in total. The summed E-state index contributed by atoms with van der Waals surface area (Å²) in [5.74, 6) is 0.920. The third kappa shape index (κ3) is 2.96. The number of nitrogens with two attached hydrogens (primary N) is 1. The molecule has 0 amide bonds. The van der Waals surface area contributed by atoms with E-state index in [1.54, 1.807) is 0 Å². The Morgan fingerprint density at radius 1 is 1.36 bits per heavy atom. The minimum atomic E-state index is 0.269. The lowest BCUT2D eigenvalue weighted by Gasteiger charge is -2.21. The fraction of sp³-hybridized carbons (Fsp3) is 1.00. The van der Waals surface area contributed by atoms with E-state index in [0.29, 0.717) is 0 Å². The fourth-order valence-corrected chi connectivity index (χ4v) is 2.58. The van der Waals surface area contributed by atoms with Crippen LogP contribution in [0.3, 0.4) is 0 Å². The van der Waals surface area contributed by atoms with E-state index in [4.69, 9.17) is 5.73 Å². The monoisotopic (exact) mass is 196 g/mol. The molecule has 1 unspecified atom stereocenters. The summed E-state index contributed by atoms with van der Waals surface area (Å²) in [5.41, 5.74) is 6.39. The maximum absolute atomic E-state index is 6.12. The second kappa shape index (κ2) is 4.19. The highest BCUT2D eigenvalue weighted by atomic mass is 15.1. The van der Waals surface area contributed by atoms with Gasteiger partial charge >= 0.3 is 0 Å². The molecule has 1 aliphatic heterocycles. The van der Waals surface area contributed by atoms with Gasteiger partial charge in [0.25, 0.3) is 0 Å². The van der Waals surface area contributed by atoms with E-state index >= 15 is 0 Å². The van der Waals surface area contributed by atoms with Crippen LogP contribution in [0.5, 0.6) is 0 Å². The van der Waals surface area contributed by atoms with Gasteiger partial charge in [0.2, 0.25) is 0 Å². The number of hydrogen-bond donors (Lipinski definition) is 1. The Morgan fingerprint density at radius 2 is 2.14 bits per heavy atom. The standard InChI is InChI=1S/C12H24N2/c1-14-9-3-2-4-11(10-14)5-6-12(13)7-8-12/h11H,2-10,13H2,1H3. The quantitative estimate of drug-likeness (QED) is 0.748. The van der Waals surface area contributed by atoms with Crippen LogP contribution in [-0.2, 0) is 0 Å². The molecule has 0 aromatic carbocycles. The van der Waals surface area contributed by atoms with Crippen molar-refractivity contribution in [1.29, 1.82) is 0 Å². The summed E-state index contributed by atoms with van der Waals surface area (Å²) in [4.78, 5) is 2.49. The lowest BCUT2D eigenvalue weighted by molar-refractivity contribution is 0.281. The molecular formula is C12H24N2. The molecule has 14 heavy (non-hydrogen) atoms. The molecule has 2 aliphatic rings. The van der Waals surface area contributed by atoms with E-state index < -0.39 is 0 Å². The van der Waals surface area contributed by atoms with Crippen molar-refractivity contribution in [3.63, 3.8) is 0 Å². The molecule has 2 heteroatoms. The van der Waals surface area contributed by atoms with Gasteiger partial charge in [-0.3, -0.25) is 0 Å². The van der Waals surface area contributed by atoms with Gasteiger partial charge in [-0.2, -0.15) is 0 Å². The Bertz CT molecular complexity index is 187. The Morgan fingerprint density at radius 3 is 2.86 bits per heavy atom. The van der Waals surface area contributed by atoms with Crippen molar-refractivity contribution < 1.29 is 0 Å². The van der Waals surface area contributed by atoms with E-state index in [1.165, 1.54) is 58.0 Å². The third-order valence-electron chi connectivity index (χ3n) is 3.91. The lowest BCUT2D eigenvalue weighted by Crippen LogP contribution is -2.27. The van der Waals surface area contributed by atoms with Gasteiger partial charge in [0.05, 0.1) is 0 Å². The molecule has 0 bridgehead atoms. The second-order valence-corrected chi connectivity index (χ2v) is 5.53. The summed E-state index contributed by atoms with van der Waals surface area (Å²) in [7, 11) is 2.26. The first kappa shape index (κ1) is 10.4. The molecule has 2 fully saturated rings. The average molecular weight is 196 g/mol. The summed E-state index contributed by atoms with van der Waals surface area (Å²) in [5, 5.41) is 0. The van der Waals surface area contributed by atoms with Crippen molar-refractivity contribution in [2.75, 3.05) is 20.1 Å². The zero-order valence-electron chi connectivity index (χ0n) is 9.47. The minimum Gasteiger partial charge on any atom is -0.325 e. The van der Waals surface area contributed by atoms with Gasteiger partial charge in [0.15, 0.2) is 0 Å². The van der Waals surface area contributed by atoms with Gasteiger partial charge in [-0.15, -0.1) is 0 Å². The van der Waals surface area contributed by atoms with Crippen LogP contribution in [0.4, 0.5) is 0 Å². The average Bonchev–Trinajstić information content (AvgIpc) is 2.89. The zero-order valence-corrected chi connectivity index (χ0v) is 9.47. The first-order chi connectivity index (χ1) is 6.68. The normalized spacial score (nSPS) is 32.6. The van der Waals surface area contributed by atoms with Crippen molar-refractivity contribution in [3.05, 3.63) is 0 Å². The van der Waals surface area contributed by atoms with Crippen molar-refractivity contribution in [1.82, 2.24) is 4.90 Å². The van der Waals surface area contributed by atoms with Crippen LogP contribution >= 0.6 is 0 Å². The summed E-state index contributed by atoms with van der Waals surface area (Å²) in [6.07, 6.45) is 9.42. The third-order valence-corrected chi connectivity index (χ3v) is 3.91. The van der Waals surface area contributed by atoms with Gasteiger partial charge < -0.3 is 10.6 Å². The maximum Gasteiger partial charge on any atom is 0.0155 e. The molecule has 1 saturated carbocycles. The zero-order chi connectivity index (χ0) is 10.0. The number of likely N-dealkylation sites (tertiary alicyclic amines) is 1. The van der Waals surface area contributed by atoms with E-state index in [0.717, 1.165) is 5.92 Å². The van der Waals surface area contributed by atoms with Gasteiger partial charge in [0, 0.05) is 12.1 Å². The van der Waals surface area contributed by atoms with Gasteiger partial charge in [-0.1, -0.05) is 6.42 Å². The molecule has 1 atom stereocenters. The smallest absolute Gasteiger partial charge is 0.0155 e. The van der Waals surface area contributed by atoms with E-state index in [-0.39, 0.29) is 5.54 Å². The predicted octanol–water partition coefficient (Wildman–Crippen LogP) is 1.99. The van der Waals surface area contributed by atoms with Gasteiger partial charge in [0.1, 0.15) is 0 Å². The number of nitrogens with zero attached hydrogens (tertiary/aromatic N) is 1. The molecule has 82 valence electrons. The van der Waals surface area contributed by atoms with Crippen molar-refractivity contribution in [2.24, 2.45) is 11.7 Å². The van der Waals surface area contributed by atoms with E-state index in [1.807, 2.05) is 0 Å². The van der Waals surface area contributed by atoms with Crippen LogP contribution in [0.15, 0.2) is 0 Å². The first-order valence-electron chi connectivity index (χ1n) is 6.15. The van der Waals surface area contributed by atoms with Crippen LogP contribution in [0, 0.1) is 5.92 Å². The molecule has 0 aromatic rings. The summed E-state index contributed by atoms with van der Waals surface area (Å²) >= 11 is 0. The van der Waals surface area contributed by atoms with E-state index in [9.17, 15) is 0 Å². The Hall–Kier alpha value is -0.0800. The molecule has 0 radical (unpaired) electrons. The molecule has 2 rings (SSSR count). The van der Waals surface area contributed by atoms with Crippen LogP contribution in [0.2, 0.25) is 0 Å². The lowest BCUT2D eigenvalue weighted by atomic mass is 9.95. The van der Waals surface area contributed by atoms with Crippen LogP contribution in [0.1, 0.15) is 44.9 Å². The van der Waals surface area contributed by atoms with Crippen molar-refractivity contribution in [2.45, 2.75) is 50.5 Å². The van der Waals surface area contributed by atoms with Crippen LogP contribution < -0.4 is 5.73 Å². The highest BCUT2D eigenvalue weighted by Gasteiger charge is 2.37. The molecule has 1 saturated heterocycles. The van der Waals surface area contributed by atoms with Crippen molar-refractivity contribution >= 4 is 0 Å². The van der Waals surface area contributed by atoms with Gasteiger partial charge in [-0.25, -0.2) is 0 Å². The van der Waals surface area contributed by atoms with Crippen LogP contribution in [0.25, 0.3) is 0 Å². The highest BCUT2D eigenvalue weighted by Crippen LogP contribution is 2.38. The van der Waals surface area contributed by atoms with Crippen LogP contribution in [-0.4, -0.2) is 30.6 Å². The molecule has 2 nitrogen and oxygen atoms in total. The highest BCUT2D eigenvalue weighted by molar-refractivity contribution is 4.98. The molecule has 1 heterocycles. The first-order valence-corrected chi connectivity index (χ1v) is 6.15. The Balaban J connectivity index is 1.72. The minimum absolute atomic E-state index is 0.269. The summed E-state index contributed by atoms with van der Waals surface area (Å²) < 4.78 is 0. The predicted molar refractivity (Wildman–Crippen MR) is 60.2 cm³/mol. The van der Waals surface area contributed by atoms with E-state index in [2.05, 4.69) is 11.9 Å². The SMILES string of the molecule is CN1CCCCC(CCC2(N)CC2)C1. The number of hydrogen-bond acceptors (Lipinski definition) is 2. The fourth-order valence-electron chi connectivity index (χ4n) is 2.58. The Kier molecular flexibility index (Phi) is 3.13. The molecular weight excluding hydrogens is 172 g/mol. The number of rotatable bonds is 3. The van der Waals surface area contributed by atoms with Gasteiger partial charge in [-0.05, 0) is 58.0 Å². The summed E-state index contributed by atoms with van der Waals surface area (Å²) in [6, 6.07) is 0. The largest absolute Gasteiger partial charge is 0.325 e.